The monoisotopic (exact) mass is 373 g/mol. The van der Waals surface area contributed by atoms with Crippen molar-refractivity contribution in [1.82, 2.24) is 15.2 Å². The minimum atomic E-state index is -2.86. The summed E-state index contributed by atoms with van der Waals surface area (Å²) in [7, 11) is -2.86. The van der Waals surface area contributed by atoms with Crippen molar-refractivity contribution in [3.63, 3.8) is 0 Å². The Morgan fingerprint density at radius 1 is 1.43 bits per heavy atom. The fraction of sp³-hybridized carbons (Fsp3) is 0.643. The largest absolute Gasteiger partial charge is 0.416 e. The standard InChI is InChI=1S/C14H19N3O3S3/c1-2-3-13-15-11(7-21-13)8-22-14-17-16-12(20-14)6-10-4-5-23(18,19)9-10/h7,10H,2-6,8-9H2,1H3. The Labute approximate surface area is 144 Å². The van der Waals surface area contributed by atoms with Crippen LogP contribution in [0.5, 0.6) is 0 Å². The van der Waals surface area contributed by atoms with E-state index in [2.05, 4.69) is 27.5 Å². The second-order valence-electron chi connectivity index (χ2n) is 5.71. The van der Waals surface area contributed by atoms with Crippen LogP contribution in [0.3, 0.4) is 0 Å². The van der Waals surface area contributed by atoms with Gasteiger partial charge in [-0.25, -0.2) is 13.4 Å². The van der Waals surface area contributed by atoms with Crippen molar-refractivity contribution in [2.45, 2.75) is 43.6 Å². The Bertz CT molecular complexity index is 754. The van der Waals surface area contributed by atoms with E-state index in [9.17, 15) is 8.42 Å². The first kappa shape index (κ1) is 16.9. The molecule has 3 rings (SSSR count). The quantitative estimate of drug-likeness (QED) is 0.690. The molecule has 0 radical (unpaired) electrons. The van der Waals surface area contributed by atoms with Crippen molar-refractivity contribution < 1.29 is 12.8 Å². The van der Waals surface area contributed by atoms with Gasteiger partial charge in [-0.2, -0.15) is 0 Å². The fourth-order valence-corrected chi connectivity index (χ4v) is 6.08. The molecular formula is C14H19N3O3S3. The fourth-order valence-electron chi connectivity index (χ4n) is 2.54. The molecule has 0 spiro atoms. The predicted molar refractivity (Wildman–Crippen MR) is 90.4 cm³/mol. The average Bonchev–Trinajstić information content (AvgIpc) is 3.19. The number of thiazole rings is 1. The first-order valence-electron chi connectivity index (χ1n) is 7.63. The summed E-state index contributed by atoms with van der Waals surface area (Å²) in [6.45, 7) is 2.14. The van der Waals surface area contributed by atoms with Crippen molar-refractivity contribution in [3.05, 3.63) is 22.0 Å². The SMILES string of the molecule is CCCc1nc(CSc2nnc(CC3CCS(=O)(=O)C3)o2)cs1. The lowest BCUT2D eigenvalue weighted by Crippen LogP contribution is -2.07. The Hall–Kier alpha value is -0.930. The molecule has 0 bridgehead atoms. The van der Waals surface area contributed by atoms with Crippen LogP contribution in [0, 0.1) is 5.92 Å². The molecule has 0 aliphatic carbocycles. The van der Waals surface area contributed by atoms with E-state index in [0.29, 0.717) is 29.7 Å². The van der Waals surface area contributed by atoms with Gasteiger partial charge in [-0.05, 0) is 25.2 Å². The van der Waals surface area contributed by atoms with E-state index < -0.39 is 9.84 Å². The zero-order chi connectivity index (χ0) is 16.3. The van der Waals surface area contributed by atoms with Gasteiger partial charge in [0.05, 0.1) is 22.2 Å². The summed E-state index contributed by atoms with van der Waals surface area (Å²) < 4.78 is 28.5. The van der Waals surface area contributed by atoms with E-state index >= 15 is 0 Å². The molecule has 9 heteroatoms. The van der Waals surface area contributed by atoms with Gasteiger partial charge in [-0.3, -0.25) is 0 Å². The number of sulfone groups is 1. The van der Waals surface area contributed by atoms with Crippen molar-refractivity contribution in [2.75, 3.05) is 11.5 Å². The molecule has 1 aliphatic heterocycles. The normalized spacial score (nSPS) is 20.1. The van der Waals surface area contributed by atoms with E-state index in [4.69, 9.17) is 4.42 Å². The van der Waals surface area contributed by atoms with E-state index in [1.165, 1.54) is 11.8 Å². The number of hydrogen-bond donors (Lipinski definition) is 0. The molecule has 0 N–H and O–H groups in total. The van der Waals surface area contributed by atoms with E-state index in [1.54, 1.807) is 11.3 Å². The summed E-state index contributed by atoms with van der Waals surface area (Å²) in [4.78, 5) is 4.56. The van der Waals surface area contributed by atoms with Crippen LogP contribution in [0.2, 0.25) is 0 Å². The van der Waals surface area contributed by atoms with Crippen molar-refractivity contribution in [2.24, 2.45) is 5.92 Å². The van der Waals surface area contributed by atoms with Gasteiger partial charge in [0.2, 0.25) is 5.89 Å². The van der Waals surface area contributed by atoms with Gasteiger partial charge in [-0.1, -0.05) is 18.7 Å². The summed E-state index contributed by atoms with van der Waals surface area (Å²) in [5, 5.41) is 11.8. The number of nitrogens with zero attached hydrogens (tertiary/aromatic N) is 3. The molecule has 0 saturated carbocycles. The maximum Gasteiger partial charge on any atom is 0.276 e. The van der Waals surface area contributed by atoms with E-state index in [1.807, 2.05) is 0 Å². The summed E-state index contributed by atoms with van der Waals surface area (Å²) in [6, 6.07) is 0. The lowest BCUT2D eigenvalue weighted by molar-refractivity contribution is 0.389. The molecule has 2 aromatic heterocycles. The minimum absolute atomic E-state index is 0.105. The number of aryl methyl sites for hydroxylation is 1. The van der Waals surface area contributed by atoms with E-state index in [0.717, 1.165) is 23.5 Å². The van der Waals surface area contributed by atoms with Gasteiger partial charge >= 0.3 is 0 Å². The molecule has 3 heterocycles. The van der Waals surface area contributed by atoms with Gasteiger partial charge in [-0.15, -0.1) is 21.5 Å². The smallest absolute Gasteiger partial charge is 0.276 e. The summed E-state index contributed by atoms with van der Waals surface area (Å²) >= 11 is 3.16. The number of aromatic nitrogens is 3. The highest BCUT2D eigenvalue weighted by molar-refractivity contribution is 7.98. The number of hydrogen-bond acceptors (Lipinski definition) is 8. The summed E-state index contributed by atoms with van der Waals surface area (Å²) in [6.07, 6.45) is 3.35. The third-order valence-corrected chi connectivity index (χ3v) is 7.29. The van der Waals surface area contributed by atoms with Crippen molar-refractivity contribution in [3.8, 4) is 0 Å². The van der Waals surface area contributed by atoms with Crippen LogP contribution < -0.4 is 0 Å². The molecule has 23 heavy (non-hydrogen) atoms. The molecule has 2 aromatic rings. The highest BCUT2D eigenvalue weighted by atomic mass is 32.2. The molecule has 0 aromatic carbocycles. The Morgan fingerprint density at radius 3 is 3.04 bits per heavy atom. The Balaban J connectivity index is 1.51. The zero-order valence-electron chi connectivity index (χ0n) is 12.9. The van der Waals surface area contributed by atoms with Crippen LogP contribution in [0.25, 0.3) is 0 Å². The van der Waals surface area contributed by atoms with Gasteiger partial charge in [0.1, 0.15) is 0 Å². The number of thioether (sulfide) groups is 1. The highest BCUT2D eigenvalue weighted by Gasteiger charge is 2.29. The first-order valence-corrected chi connectivity index (χ1v) is 11.3. The van der Waals surface area contributed by atoms with Crippen molar-refractivity contribution >= 4 is 32.9 Å². The second-order valence-corrected chi connectivity index (χ2v) is 9.80. The predicted octanol–water partition coefficient (Wildman–Crippen LogP) is 2.75. The third-order valence-electron chi connectivity index (χ3n) is 3.65. The van der Waals surface area contributed by atoms with Crippen LogP contribution >= 0.6 is 23.1 Å². The molecule has 1 atom stereocenters. The minimum Gasteiger partial charge on any atom is -0.416 e. The third kappa shape index (κ3) is 4.77. The van der Waals surface area contributed by atoms with Crippen LogP contribution in [0.15, 0.2) is 15.0 Å². The van der Waals surface area contributed by atoms with Gasteiger partial charge in [0, 0.05) is 17.6 Å². The molecule has 0 amide bonds. The molecule has 6 nitrogen and oxygen atoms in total. The van der Waals surface area contributed by atoms with Crippen molar-refractivity contribution in [1.29, 1.82) is 0 Å². The lowest BCUT2D eigenvalue weighted by Gasteiger charge is -2.01. The van der Waals surface area contributed by atoms with E-state index in [-0.39, 0.29) is 17.4 Å². The molecule has 1 unspecified atom stereocenters. The molecule has 1 aliphatic rings. The van der Waals surface area contributed by atoms with Gasteiger partial charge in [0.25, 0.3) is 5.22 Å². The van der Waals surface area contributed by atoms with Crippen LogP contribution in [0.4, 0.5) is 0 Å². The van der Waals surface area contributed by atoms with Gasteiger partial charge in [0.15, 0.2) is 9.84 Å². The summed E-state index contributed by atoms with van der Waals surface area (Å²) in [5.41, 5.74) is 1.03. The maximum absolute atomic E-state index is 11.5. The topological polar surface area (TPSA) is 86.0 Å². The number of rotatable bonds is 7. The second kappa shape index (κ2) is 7.31. The Kier molecular flexibility index (Phi) is 5.38. The van der Waals surface area contributed by atoms with Crippen LogP contribution in [-0.2, 0) is 28.4 Å². The lowest BCUT2D eigenvalue weighted by atomic mass is 10.1. The summed E-state index contributed by atoms with van der Waals surface area (Å²) in [5.74, 6) is 1.85. The molecule has 1 saturated heterocycles. The Morgan fingerprint density at radius 2 is 2.30 bits per heavy atom. The first-order chi connectivity index (χ1) is 11.0. The highest BCUT2D eigenvalue weighted by Crippen LogP contribution is 2.26. The molecule has 1 fully saturated rings. The van der Waals surface area contributed by atoms with Gasteiger partial charge < -0.3 is 4.42 Å². The molecule has 126 valence electrons. The van der Waals surface area contributed by atoms with Crippen LogP contribution in [-0.4, -0.2) is 35.1 Å². The average molecular weight is 374 g/mol. The molecular weight excluding hydrogens is 354 g/mol. The van der Waals surface area contributed by atoms with Crippen LogP contribution in [0.1, 0.15) is 36.4 Å². The maximum atomic E-state index is 11.5. The zero-order valence-corrected chi connectivity index (χ0v) is 15.3.